The highest BCUT2D eigenvalue weighted by Gasteiger charge is 2.25. The van der Waals surface area contributed by atoms with Gasteiger partial charge >= 0.3 is 0 Å². The van der Waals surface area contributed by atoms with Crippen molar-refractivity contribution in [1.29, 1.82) is 0 Å². The summed E-state index contributed by atoms with van der Waals surface area (Å²) in [6.45, 7) is 9.38. The van der Waals surface area contributed by atoms with E-state index in [1.165, 1.54) is 0 Å². The largest absolute Gasteiger partial charge is 0.352 e. The summed E-state index contributed by atoms with van der Waals surface area (Å²) >= 11 is 0. The van der Waals surface area contributed by atoms with Crippen molar-refractivity contribution < 1.29 is 4.79 Å². The quantitative estimate of drug-likeness (QED) is 0.877. The van der Waals surface area contributed by atoms with Crippen LogP contribution in [0, 0.1) is 5.92 Å². The van der Waals surface area contributed by atoms with Crippen LogP contribution < -0.4 is 5.32 Å². The Bertz CT molecular complexity index is 477. The van der Waals surface area contributed by atoms with Gasteiger partial charge in [-0.15, -0.1) is 10.2 Å². The van der Waals surface area contributed by atoms with Crippen LogP contribution in [0.5, 0.6) is 0 Å². The molecule has 1 aliphatic heterocycles. The number of aryl methyl sites for hydroxylation is 1. The zero-order valence-corrected chi connectivity index (χ0v) is 13.7. The number of aromatic nitrogens is 3. The molecule has 0 bridgehead atoms. The van der Waals surface area contributed by atoms with E-state index in [2.05, 4.69) is 47.8 Å². The third-order valence-electron chi connectivity index (χ3n) is 4.49. The van der Waals surface area contributed by atoms with Crippen LogP contribution in [0.15, 0.2) is 0 Å². The lowest BCUT2D eigenvalue weighted by atomic mass is 9.98. The number of amides is 1. The lowest BCUT2D eigenvalue weighted by molar-refractivity contribution is -0.123. The third-order valence-corrected chi connectivity index (χ3v) is 4.49. The zero-order chi connectivity index (χ0) is 15.4. The molecule has 5 nitrogen and oxygen atoms in total. The predicted molar refractivity (Wildman–Crippen MR) is 83.1 cm³/mol. The fraction of sp³-hybridized carbons (Fsp3) is 0.812. The second-order valence-electron chi connectivity index (χ2n) is 6.43. The van der Waals surface area contributed by atoms with Crippen molar-refractivity contribution in [1.82, 2.24) is 20.1 Å². The van der Waals surface area contributed by atoms with E-state index in [0.717, 1.165) is 43.9 Å². The average Bonchev–Trinajstić information content (AvgIpc) is 2.88. The van der Waals surface area contributed by atoms with E-state index in [1.807, 2.05) is 0 Å². The Hall–Kier alpha value is -1.39. The first-order valence-electron chi connectivity index (χ1n) is 8.26. The Labute approximate surface area is 127 Å². The molecule has 0 saturated heterocycles. The maximum atomic E-state index is 12.2. The summed E-state index contributed by atoms with van der Waals surface area (Å²) in [5, 5.41) is 11.8. The van der Waals surface area contributed by atoms with Crippen LogP contribution in [-0.4, -0.2) is 26.7 Å². The minimum absolute atomic E-state index is 0.191. The molecule has 1 aromatic rings. The summed E-state index contributed by atoms with van der Waals surface area (Å²) in [4.78, 5) is 12.2. The van der Waals surface area contributed by atoms with Crippen LogP contribution in [0.4, 0.5) is 0 Å². The first-order valence-corrected chi connectivity index (χ1v) is 8.26. The molecule has 0 spiro atoms. The number of carbonyl (C=O) groups is 1. The number of rotatable bonds is 6. The van der Waals surface area contributed by atoms with Gasteiger partial charge in [-0.1, -0.05) is 40.5 Å². The zero-order valence-electron chi connectivity index (χ0n) is 13.7. The van der Waals surface area contributed by atoms with Gasteiger partial charge in [-0.05, 0) is 12.3 Å². The Morgan fingerprint density at radius 2 is 2.05 bits per heavy atom. The minimum atomic E-state index is 0.191. The monoisotopic (exact) mass is 292 g/mol. The Balaban J connectivity index is 1.95. The SMILES string of the molecule is CCC(CC)CC(=O)N[C@@H]1CCc2nnc(C(C)C)n2C1. The van der Waals surface area contributed by atoms with E-state index in [4.69, 9.17) is 0 Å². The molecule has 1 aliphatic rings. The first kappa shape index (κ1) is 16.0. The summed E-state index contributed by atoms with van der Waals surface area (Å²) < 4.78 is 2.19. The first-order chi connectivity index (χ1) is 10.0. The number of nitrogens with zero attached hydrogens (tertiary/aromatic N) is 3. The lowest BCUT2D eigenvalue weighted by Gasteiger charge is -2.26. The van der Waals surface area contributed by atoms with E-state index < -0.39 is 0 Å². The fourth-order valence-corrected chi connectivity index (χ4v) is 3.02. The summed E-state index contributed by atoms with van der Waals surface area (Å²) in [5.41, 5.74) is 0. The number of hydrogen-bond donors (Lipinski definition) is 1. The smallest absolute Gasteiger partial charge is 0.220 e. The van der Waals surface area contributed by atoms with E-state index in [1.54, 1.807) is 0 Å². The molecule has 1 amide bonds. The molecule has 1 N–H and O–H groups in total. The molecule has 0 aromatic carbocycles. The van der Waals surface area contributed by atoms with Crippen LogP contribution in [0.2, 0.25) is 0 Å². The Morgan fingerprint density at radius 1 is 1.33 bits per heavy atom. The van der Waals surface area contributed by atoms with Gasteiger partial charge in [0.05, 0.1) is 0 Å². The van der Waals surface area contributed by atoms with Crippen LogP contribution in [0.1, 0.15) is 70.9 Å². The van der Waals surface area contributed by atoms with E-state index in [-0.39, 0.29) is 11.9 Å². The average molecular weight is 292 g/mol. The van der Waals surface area contributed by atoms with Gasteiger partial charge in [-0.3, -0.25) is 4.79 Å². The molecule has 5 heteroatoms. The van der Waals surface area contributed by atoms with Crippen molar-refractivity contribution >= 4 is 5.91 Å². The maximum absolute atomic E-state index is 12.2. The number of nitrogens with one attached hydrogen (secondary N) is 1. The molecule has 0 fully saturated rings. The van der Waals surface area contributed by atoms with Crippen molar-refractivity contribution in [2.75, 3.05) is 0 Å². The molecule has 2 heterocycles. The molecule has 0 saturated carbocycles. The molecule has 0 unspecified atom stereocenters. The Morgan fingerprint density at radius 3 is 2.67 bits per heavy atom. The molecule has 2 rings (SSSR count). The molecule has 118 valence electrons. The van der Waals surface area contributed by atoms with Gasteiger partial charge in [-0.25, -0.2) is 0 Å². The highest BCUT2D eigenvalue weighted by molar-refractivity contribution is 5.76. The van der Waals surface area contributed by atoms with Crippen molar-refractivity contribution in [3.8, 4) is 0 Å². The van der Waals surface area contributed by atoms with Gasteiger partial charge in [0.25, 0.3) is 0 Å². The summed E-state index contributed by atoms with van der Waals surface area (Å²) in [6.07, 6.45) is 4.65. The number of carbonyl (C=O) groups excluding carboxylic acids is 1. The molecule has 21 heavy (non-hydrogen) atoms. The van der Waals surface area contributed by atoms with Crippen LogP contribution in [0.25, 0.3) is 0 Å². The van der Waals surface area contributed by atoms with Gasteiger partial charge in [0.2, 0.25) is 5.91 Å². The highest BCUT2D eigenvalue weighted by atomic mass is 16.1. The fourth-order valence-electron chi connectivity index (χ4n) is 3.02. The maximum Gasteiger partial charge on any atom is 0.220 e. The Kier molecular flexibility index (Phi) is 5.37. The summed E-state index contributed by atoms with van der Waals surface area (Å²) in [6, 6.07) is 0.216. The van der Waals surface area contributed by atoms with Crippen LogP contribution >= 0.6 is 0 Å². The van der Waals surface area contributed by atoms with Crippen LogP contribution in [-0.2, 0) is 17.8 Å². The summed E-state index contributed by atoms with van der Waals surface area (Å²) in [5.74, 6) is 3.15. The van der Waals surface area contributed by atoms with Gasteiger partial charge in [0, 0.05) is 31.3 Å². The van der Waals surface area contributed by atoms with Crippen molar-refractivity contribution in [2.45, 2.75) is 78.3 Å². The predicted octanol–water partition coefficient (Wildman–Crippen LogP) is 2.66. The second kappa shape index (κ2) is 7.05. The molecule has 1 aromatic heterocycles. The molecular formula is C16H28N4O. The van der Waals surface area contributed by atoms with Crippen LogP contribution in [0.3, 0.4) is 0 Å². The highest BCUT2D eigenvalue weighted by Crippen LogP contribution is 2.20. The van der Waals surface area contributed by atoms with E-state index >= 15 is 0 Å². The standard InChI is InChI=1S/C16H28N4O/c1-5-12(6-2)9-15(21)17-13-7-8-14-18-19-16(11(3)4)20(14)10-13/h11-13H,5-10H2,1-4H3,(H,17,21)/t13-/m1/s1. The normalized spacial score (nSPS) is 18.1. The second-order valence-corrected chi connectivity index (χ2v) is 6.43. The number of fused-ring (bicyclic) bond motifs is 1. The van der Waals surface area contributed by atoms with Crippen molar-refractivity contribution in [2.24, 2.45) is 5.92 Å². The minimum Gasteiger partial charge on any atom is -0.352 e. The van der Waals surface area contributed by atoms with Crippen molar-refractivity contribution in [3.63, 3.8) is 0 Å². The van der Waals surface area contributed by atoms with Gasteiger partial charge in [0.1, 0.15) is 11.6 Å². The molecule has 0 aliphatic carbocycles. The van der Waals surface area contributed by atoms with Crippen molar-refractivity contribution in [3.05, 3.63) is 11.6 Å². The number of hydrogen-bond acceptors (Lipinski definition) is 3. The summed E-state index contributed by atoms with van der Waals surface area (Å²) in [7, 11) is 0. The molecular weight excluding hydrogens is 264 g/mol. The van der Waals surface area contributed by atoms with Gasteiger partial charge in [-0.2, -0.15) is 0 Å². The molecule has 0 radical (unpaired) electrons. The van der Waals surface area contributed by atoms with Gasteiger partial charge < -0.3 is 9.88 Å². The van der Waals surface area contributed by atoms with E-state index in [9.17, 15) is 4.79 Å². The third kappa shape index (κ3) is 3.83. The lowest BCUT2D eigenvalue weighted by Crippen LogP contribution is -2.42. The topological polar surface area (TPSA) is 59.8 Å². The van der Waals surface area contributed by atoms with Gasteiger partial charge in [0.15, 0.2) is 0 Å². The molecule has 1 atom stereocenters. The van der Waals surface area contributed by atoms with E-state index in [0.29, 0.717) is 18.3 Å².